The second kappa shape index (κ2) is 3470. The van der Waals surface area contributed by atoms with Gasteiger partial charge in [-0.25, -0.2) is 0 Å². The van der Waals surface area contributed by atoms with Gasteiger partial charge < -0.3 is 193 Å². The molecule has 2 radical (unpaired) electrons. The Labute approximate surface area is 250 Å². The molecular formula is H36Cl6N14O6Ru3-14. The van der Waals surface area contributed by atoms with Gasteiger partial charge in [0.1, 0.15) is 0 Å². The Bertz CT molecular complexity index is 51.8. The number of nitrogens with two attached hydrogens (primary N) is 14. The summed E-state index contributed by atoms with van der Waals surface area (Å²) in [7, 11) is 0. The van der Waals surface area contributed by atoms with Crippen LogP contribution in [0, 0.1) is 0 Å². The van der Waals surface area contributed by atoms with Crippen molar-refractivity contribution >= 4 is 0 Å². The Kier molecular flexibility index (Phi) is 457000. The summed E-state index contributed by atoms with van der Waals surface area (Å²) in [5.74, 6) is 0. The average molecular weight is 844 g/mol. The van der Waals surface area contributed by atoms with E-state index < -0.39 is 0 Å². The molecule has 0 aliphatic carbocycles. The monoisotopic (exact) mass is 844 g/mol. The van der Waals surface area contributed by atoms with Crippen LogP contribution < -0.4 is 74.4 Å². The molecule has 0 aliphatic heterocycles. The maximum atomic E-state index is 0. The summed E-state index contributed by atoms with van der Waals surface area (Å²) in [4.78, 5) is 0. The van der Waals surface area contributed by atoms with Crippen molar-refractivity contribution in [1.82, 2.24) is 0 Å². The van der Waals surface area contributed by atoms with Gasteiger partial charge in [0, 0.05) is 19.5 Å². The fourth-order valence-corrected chi connectivity index (χ4v) is 0. The summed E-state index contributed by atoms with van der Waals surface area (Å²) >= 11 is 0. The van der Waals surface area contributed by atoms with Crippen LogP contribution in [0.4, 0.5) is 0 Å². The molecule has 0 fully saturated rings. The standard InChI is InChI=1S/6ClH.14H2N.4H2O.2O.3Ru/h6*1H;18*1H2;;;;;/q;;;;;;14*-1;;;;;2*-2;;2*+5/p-6. The van der Waals surface area contributed by atoms with E-state index >= 15 is 0 Å². The first-order valence-electron chi connectivity index (χ1n) is 0. The third-order valence-electron chi connectivity index (χ3n) is 0. The van der Waals surface area contributed by atoms with Gasteiger partial charge in [-0.2, -0.15) is 0 Å². The summed E-state index contributed by atoms with van der Waals surface area (Å²) in [6.45, 7) is 0. The van der Waals surface area contributed by atoms with Gasteiger partial charge in [-0.15, -0.1) is 0 Å². The molecule has 0 aromatic heterocycles. The fraction of sp³-hybridized carbons (Fsp3) is 0. The Morgan fingerprint density at radius 3 is 0.207 bits per heavy atom. The van der Waals surface area contributed by atoms with Crippen LogP contribution in [0.15, 0.2) is 0 Å². The van der Waals surface area contributed by atoms with E-state index in [0.29, 0.717) is 0 Å². The molecular weight excluding hydrogens is 808 g/mol. The minimum atomic E-state index is 0. The Morgan fingerprint density at radius 1 is 0.207 bits per heavy atom. The normalized spacial score (nSPS) is 0. The molecule has 0 saturated heterocycles. The zero-order chi connectivity index (χ0) is 0. The molecule has 36 N–H and O–H groups in total. The van der Waals surface area contributed by atoms with Crippen molar-refractivity contribution in [2.45, 2.75) is 0 Å². The summed E-state index contributed by atoms with van der Waals surface area (Å²) in [5.41, 5.74) is 0. The Balaban J connectivity index is 0. The van der Waals surface area contributed by atoms with E-state index in [4.69, 9.17) is 0 Å². The maximum Gasteiger partial charge on any atom is 5.00 e. The molecule has 0 bridgehead atoms. The summed E-state index contributed by atoms with van der Waals surface area (Å²) in [6.07, 6.45) is 0. The second-order valence-electron chi connectivity index (χ2n) is 0. The summed E-state index contributed by atoms with van der Waals surface area (Å²) in [5, 5.41) is 0. The van der Waals surface area contributed by atoms with Gasteiger partial charge in [-0.3, -0.25) is 0 Å². The Hall–Kier alpha value is 2.81. The topological polar surface area (TPSA) is 652 Å². The van der Waals surface area contributed by atoms with Crippen LogP contribution in [0.2, 0.25) is 0 Å². The van der Waals surface area contributed by atoms with Crippen LogP contribution in [0.5, 0.6) is 0 Å². The molecule has 29 heavy (non-hydrogen) atoms. The van der Waals surface area contributed by atoms with Crippen molar-refractivity contribution in [1.29, 1.82) is 0 Å². The van der Waals surface area contributed by atoms with Crippen LogP contribution >= 0.6 is 0 Å². The number of rotatable bonds is 0. The van der Waals surface area contributed by atoms with Crippen LogP contribution in [-0.2, 0) is 69.4 Å². The molecule has 0 aromatic rings. The van der Waals surface area contributed by atoms with Crippen LogP contribution in [-0.4, -0.2) is 21.9 Å². The molecule has 0 unspecified atom stereocenters. The summed E-state index contributed by atoms with van der Waals surface area (Å²) in [6, 6.07) is 0. The predicted molar refractivity (Wildman–Crippen MR) is 89.8 cm³/mol. The van der Waals surface area contributed by atoms with Crippen molar-refractivity contribution in [2.24, 2.45) is 0 Å². The van der Waals surface area contributed by atoms with Crippen molar-refractivity contribution in [3.05, 3.63) is 86.1 Å². The second-order valence-corrected chi connectivity index (χ2v) is 0. The van der Waals surface area contributed by atoms with Crippen LogP contribution in [0.3, 0.4) is 0 Å². The first kappa shape index (κ1) is 3820. The van der Waals surface area contributed by atoms with E-state index in [0.717, 1.165) is 0 Å². The van der Waals surface area contributed by atoms with Gasteiger partial charge in [0.2, 0.25) is 0 Å². The van der Waals surface area contributed by atoms with E-state index in [1.54, 1.807) is 0 Å². The van der Waals surface area contributed by atoms with Crippen molar-refractivity contribution in [3.63, 3.8) is 0 Å². The Morgan fingerprint density at radius 2 is 0.207 bits per heavy atom. The molecule has 20 nitrogen and oxygen atoms in total. The minimum Gasteiger partial charge on any atom is -2.00 e. The molecule has 0 amide bonds. The van der Waals surface area contributed by atoms with E-state index in [9.17, 15) is 0 Å². The zero-order valence-corrected chi connectivity index (χ0v) is 24.0. The fourth-order valence-electron chi connectivity index (χ4n) is 0. The maximum absolute atomic E-state index is 0. The van der Waals surface area contributed by atoms with Gasteiger partial charge in [0.15, 0.2) is 0 Å². The van der Waals surface area contributed by atoms with Gasteiger partial charge in [0.05, 0.1) is 0 Å². The quantitative estimate of drug-likeness (QED) is 0.205. The third-order valence-corrected chi connectivity index (χ3v) is 0. The van der Waals surface area contributed by atoms with Gasteiger partial charge in [-0.1, -0.05) is 0 Å². The van der Waals surface area contributed by atoms with Crippen LogP contribution in [0.25, 0.3) is 86.1 Å². The molecule has 29 heteroatoms. The van der Waals surface area contributed by atoms with Gasteiger partial charge in [0.25, 0.3) is 0 Å². The van der Waals surface area contributed by atoms with E-state index in [1.807, 2.05) is 0 Å². The zero-order valence-electron chi connectivity index (χ0n) is 14.2. The average Bonchev–Trinajstić information content (AvgIpc) is 0. The number of halogens is 6. The first-order chi connectivity index (χ1) is 0. The molecule has 0 saturated carbocycles. The molecule has 0 aromatic carbocycles. The molecule has 222 valence electrons. The number of hydrogen-bond donors (Lipinski definition) is 0. The van der Waals surface area contributed by atoms with Crippen LogP contribution in [0.1, 0.15) is 0 Å². The molecule has 0 spiro atoms. The van der Waals surface area contributed by atoms with Gasteiger partial charge >= 0.3 is 39.0 Å². The van der Waals surface area contributed by atoms with Crippen molar-refractivity contribution < 1.29 is 166 Å². The van der Waals surface area contributed by atoms with E-state index in [1.165, 1.54) is 0 Å². The molecule has 0 rings (SSSR count). The molecule has 0 heterocycles. The predicted octanol–water partition coefficient (Wildman–Crippen LogP) is -11.5. The largest absolute Gasteiger partial charge is 5.00 e. The SMILES string of the molecule is O.O.O.O.[Cl-].[Cl-].[Cl-].[Cl-].[Cl-].[Cl-].[NH2-].[NH2-].[NH2-].[NH2-].[NH2-].[NH2-].[NH2-].[NH2-].[NH2-].[NH2-].[NH2-].[NH2-].[NH2-].[NH2-].[O-2].[O-2].[Ru+5].[Ru+5].[Ru]. The van der Waals surface area contributed by atoms with Crippen molar-refractivity contribution in [2.75, 3.05) is 0 Å². The molecule has 0 atom stereocenters. The summed E-state index contributed by atoms with van der Waals surface area (Å²) < 4.78 is 0. The smallest absolute Gasteiger partial charge is 2.00 e. The van der Waals surface area contributed by atoms with E-state index in [2.05, 4.69) is 0 Å². The van der Waals surface area contributed by atoms with E-state index in [-0.39, 0.29) is 252 Å². The number of hydrogen-bond acceptors (Lipinski definition) is 0. The third kappa shape index (κ3) is 3240. The minimum absolute atomic E-state index is 0. The molecule has 0 aliphatic rings. The van der Waals surface area contributed by atoms with Crippen molar-refractivity contribution in [3.8, 4) is 0 Å². The first-order valence-corrected chi connectivity index (χ1v) is 0. The van der Waals surface area contributed by atoms with Gasteiger partial charge in [-0.05, 0) is 0 Å².